The van der Waals surface area contributed by atoms with Crippen molar-refractivity contribution in [3.8, 4) is 0 Å². The predicted molar refractivity (Wildman–Crippen MR) is 56.0 cm³/mol. The molecule has 0 atom stereocenters. The van der Waals surface area contributed by atoms with Gasteiger partial charge in [0.25, 0.3) is 0 Å². The van der Waals surface area contributed by atoms with E-state index < -0.39 is 15.4 Å². The van der Waals surface area contributed by atoms with Crippen LogP contribution in [0.2, 0.25) is 32.7 Å². The molecule has 0 bridgehead atoms. The molecule has 0 saturated carbocycles. The average molecular weight is 194 g/mol. The Bertz CT molecular complexity index is 97.1. The molecule has 0 aliphatic heterocycles. The first-order valence-electron chi connectivity index (χ1n) is 3.81. The monoisotopic (exact) mass is 194 g/mol. The molecular formula is C7H22O2Si2. The van der Waals surface area contributed by atoms with Crippen molar-refractivity contribution in [3.63, 3.8) is 0 Å². The lowest BCUT2D eigenvalue weighted by Crippen LogP contribution is -2.54. The van der Waals surface area contributed by atoms with E-state index in [2.05, 4.69) is 32.7 Å². The highest BCUT2D eigenvalue weighted by atomic mass is 29.3. The highest BCUT2D eigenvalue weighted by Gasteiger charge is 2.37. The molecule has 0 radical (unpaired) electrons. The van der Waals surface area contributed by atoms with Crippen LogP contribution >= 0.6 is 0 Å². The van der Waals surface area contributed by atoms with E-state index in [9.17, 15) is 0 Å². The summed E-state index contributed by atoms with van der Waals surface area (Å²) in [6.45, 7) is 11.7. The molecule has 11 heavy (non-hydrogen) atoms. The van der Waals surface area contributed by atoms with Crippen LogP contribution in [-0.4, -0.2) is 34.8 Å². The maximum absolute atomic E-state index is 7.00. The maximum Gasteiger partial charge on any atom is 0.173 e. The number of hydrogen-bond acceptors (Lipinski definition) is 2. The maximum atomic E-state index is 7.00. The number of rotatable bonds is 2. The fourth-order valence-corrected chi connectivity index (χ4v) is 2.76. The number of aliphatic hydroxyl groups excluding tert-OH is 1. The van der Waals surface area contributed by atoms with E-state index in [1.807, 2.05) is 7.11 Å². The molecule has 4 heteroatoms. The Hall–Kier alpha value is 0.354. The molecule has 0 aromatic heterocycles. The Kier molecular flexibility index (Phi) is 6.42. The van der Waals surface area contributed by atoms with Crippen molar-refractivity contribution in [2.24, 2.45) is 0 Å². The van der Waals surface area contributed by atoms with Crippen LogP contribution in [0.4, 0.5) is 0 Å². The van der Waals surface area contributed by atoms with Gasteiger partial charge in [-0.1, -0.05) is 19.6 Å². The van der Waals surface area contributed by atoms with Crippen molar-refractivity contribution in [3.05, 3.63) is 0 Å². The summed E-state index contributed by atoms with van der Waals surface area (Å²) >= 11 is 0. The van der Waals surface area contributed by atoms with Gasteiger partial charge in [-0.25, -0.2) is 0 Å². The highest BCUT2D eigenvalue weighted by molar-refractivity contribution is 7.37. The van der Waals surface area contributed by atoms with Crippen LogP contribution in [0.15, 0.2) is 0 Å². The molecule has 0 saturated heterocycles. The van der Waals surface area contributed by atoms with Crippen molar-refractivity contribution in [2.75, 3.05) is 14.2 Å². The third kappa shape index (κ3) is 4.73. The van der Waals surface area contributed by atoms with Gasteiger partial charge in [0.15, 0.2) is 7.83 Å². The Morgan fingerprint density at radius 2 is 1.18 bits per heavy atom. The second-order valence-electron chi connectivity index (χ2n) is 3.96. The van der Waals surface area contributed by atoms with E-state index in [1.54, 1.807) is 0 Å². The van der Waals surface area contributed by atoms with Crippen molar-refractivity contribution >= 4 is 15.4 Å². The third-order valence-electron chi connectivity index (χ3n) is 2.32. The van der Waals surface area contributed by atoms with Gasteiger partial charge in [0, 0.05) is 14.2 Å². The van der Waals surface area contributed by atoms with Crippen LogP contribution in [0.25, 0.3) is 0 Å². The summed E-state index contributed by atoms with van der Waals surface area (Å²) in [5.74, 6) is 0. The molecule has 0 aliphatic rings. The molecule has 70 valence electrons. The molecule has 0 aromatic carbocycles. The largest absolute Gasteiger partial charge is 0.423 e. The lowest BCUT2D eigenvalue weighted by atomic mass is 11.8. The van der Waals surface area contributed by atoms with Crippen LogP contribution in [-0.2, 0) is 4.43 Å². The van der Waals surface area contributed by atoms with Gasteiger partial charge < -0.3 is 9.53 Å². The molecule has 0 aliphatic carbocycles. The fraction of sp³-hybridized carbons (Fsp3) is 1.00. The molecule has 0 rings (SSSR count). The average Bonchev–Trinajstić information content (AvgIpc) is 1.90. The Balaban J connectivity index is 0. The minimum Gasteiger partial charge on any atom is -0.423 e. The molecule has 0 unspecified atom stereocenters. The summed E-state index contributed by atoms with van der Waals surface area (Å²) < 4.78 is 5.50. The van der Waals surface area contributed by atoms with Gasteiger partial charge in [0.05, 0.1) is 7.59 Å². The van der Waals surface area contributed by atoms with Crippen LogP contribution in [0, 0.1) is 0 Å². The van der Waals surface area contributed by atoms with Gasteiger partial charge in [-0.3, -0.25) is 0 Å². The van der Waals surface area contributed by atoms with Gasteiger partial charge in [-0.2, -0.15) is 0 Å². The standard InChI is InChI=1S/C6H18OSi2.CH4O/c1-7-9(5,6)8(2,3)4;1-2/h1-6H3;2H,1H3. The van der Waals surface area contributed by atoms with Crippen molar-refractivity contribution in [1.29, 1.82) is 0 Å². The Labute approximate surface area is 72.5 Å². The topological polar surface area (TPSA) is 29.5 Å². The summed E-state index contributed by atoms with van der Waals surface area (Å²) in [6.07, 6.45) is 0. The van der Waals surface area contributed by atoms with Crippen LogP contribution in [0.3, 0.4) is 0 Å². The third-order valence-corrected chi connectivity index (χ3v) is 18.4. The number of aliphatic hydroxyl groups is 1. The first-order valence-corrected chi connectivity index (χ1v) is 11.2. The first kappa shape index (κ1) is 13.9. The van der Waals surface area contributed by atoms with Gasteiger partial charge in [-0.05, 0) is 13.1 Å². The smallest absolute Gasteiger partial charge is 0.173 e. The first-order chi connectivity index (χ1) is 4.81. The van der Waals surface area contributed by atoms with Gasteiger partial charge in [-0.15, -0.1) is 0 Å². The second kappa shape index (κ2) is 5.08. The quantitative estimate of drug-likeness (QED) is 0.680. The molecular weight excluding hydrogens is 172 g/mol. The zero-order valence-electron chi connectivity index (χ0n) is 8.86. The number of hydrogen-bond donors (Lipinski definition) is 1. The molecule has 0 spiro atoms. The van der Waals surface area contributed by atoms with Crippen LogP contribution in [0.5, 0.6) is 0 Å². The Morgan fingerprint density at radius 1 is 0.909 bits per heavy atom. The van der Waals surface area contributed by atoms with E-state index in [0.29, 0.717) is 0 Å². The van der Waals surface area contributed by atoms with E-state index in [0.717, 1.165) is 7.11 Å². The summed E-state index contributed by atoms with van der Waals surface area (Å²) in [5, 5.41) is 7.00. The minimum absolute atomic E-state index is 0.968. The molecule has 0 amide bonds. The van der Waals surface area contributed by atoms with Gasteiger partial charge >= 0.3 is 0 Å². The normalized spacial score (nSPS) is 12.0. The van der Waals surface area contributed by atoms with Gasteiger partial charge in [0.2, 0.25) is 0 Å². The SMILES string of the molecule is CO.CO[Si](C)(C)[Si](C)(C)C. The van der Waals surface area contributed by atoms with Crippen molar-refractivity contribution in [2.45, 2.75) is 32.7 Å². The van der Waals surface area contributed by atoms with E-state index in [1.165, 1.54) is 0 Å². The van der Waals surface area contributed by atoms with E-state index in [4.69, 9.17) is 9.53 Å². The second-order valence-corrected chi connectivity index (χ2v) is 20.0. The molecule has 2 nitrogen and oxygen atoms in total. The fourth-order valence-electron chi connectivity index (χ4n) is 0.306. The highest BCUT2D eigenvalue weighted by Crippen LogP contribution is 2.18. The van der Waals surface area contributed by atoms with Crippen LogP contribution < -0.4 is 0 Å². The molecule has 1 N–H and O–H groups in total. The molecule has 0 fully saturated rings. The molecule has 0 aromatic rings. The predicted octanol–water partition coefficient (Wildman–Crippen LogP) is 1.86. The summed E-state index contributed by atoms with van der Waals surface area (Å²) in [5.41, 5.74) is 0. The Morgan fingerprint density at radius 3 is 1.18 bits per heavy atom. The lowest BCUT2D eigenvalue weighted by molar-refractivity contribution is 0.399. The summed E-state index contributed by atoms with van der Waals surface area (Å²) in [6, 6.07) is 0. The molecule has 0 heterocycles. The van der Waals surface area contributed by atoms with Crippen LogP contribution in [0.1, 0.15) is 0 Å². The van der Waals surface area contributed by atoms with E-state index in [-0.39, 0.29) is 0 Å². The van der Waals surface area contributed by atoms with Crippen molar-refractivity contribution < 1.29 is 9.53 Å². The zero-order valence-corrected chi connectivity index (χ0v) is 10.9. The zero-order chi connectivity index (χ0) is 9.71. The minimum atomic E-state index is -1.24. The summed E-state index contributed by atoms with van der Waals surface area (Å²) in [7, 11) is 0.644. The van der Waals surface area contributed by atoms with Gasteiger partial charge in [0.1, 0.15) is 0 Å². The van der Waals surface area contributed by atoms with E-state index >= 15 is 0 Å². The lowest BCUT2D eigenvalue weighted by Gasteiger charge is -2.32. The van der Waals surface area contributed by atoms with Crippen molar-refractivity contribution in [1.82, 2.24) is 0 Å². The summed E-state index contributed by atoms with van der Waals surface area (Å²) in [4.78, 5) is 0.